The van der Waals surface area contributed by atoms with E-state index in [0.717, 1.165) is 5.56 Å². The number of methoxy groups -OCH3 is 2. The van der Waals surface area contributed by atoms with Crippen molar-refractivity contribution < 1.29 is 24.2 Å². The van der Waals surface area contributed by atoms with Gasteiger partial charge in [0.05, 0.1) is 25.3 Å². The molecule has 0 aliphatic carbocycles. The summed E-state index contributed by atoms with van der Waals surface area (Å²) in [5, 5.41) is 9.63. The highest BCUT2D eigenvalue weighted by molar-refractivity contribution is 6.01. The van der Waals surface area contributed by atoms with Crippen LogP contribution in [0.2, 0.25) is 0 Å². The van der Waals surface area contributed by atoms with E-state index in [1.54, 1.807) is 72.8 Å². The van der Waals surface area contributed by atoms with Gasteiger partial charge in [0, 0.05) is 12.8 Å². The van der Waals surface area contributed by atoms with Crippen LogP contribution in [0.25, 0.3) is 0 Å². The lowest BCUT2D eigenvalue weighted by atomic mass is 9.86. The fraction of sp³-hybridized carbons (Fsp3) is 0.200. The Kier molecular flexibility index (Phi) is 6.86. The standard InChI is InChI=1S/C25H24O5/c1-29-24-9-5-3-7-20(24)22(27)15-18(17-11-13-19(26)14-12-17)16-23(28)21-8-4-6-10-25(21)30-2/h3-14,18,26H,15-16H2,1-2H3. The Morgan fingerprint density at radius 3 is 1.60 bits per heavy atom. The number of benzene rings is 3. The Morgan fingerprint density at radius 1 is 0.733 bits per heavy atom. The molecule has 0 saturated heterocycles. The smallest absolute Gasteiger partial charge is 0.167 e. The number of phenols is 1. The summed E-state index contributed by atoms with van der Waals surface area (Å²) >= 11 is 0. The Morgan fingerprint density at radius 2 is 1.17 bits per heavy atom. The van der Waals surface area contributed by atoms with Crippen LogP contribution in [0.4, 0.5) is 0 Å². The summed E-state index contributed by atoms with van der Waals surface area (Å²) in [6.45, 7) is 0. The first-order valence-corrected chi connectivity index (χ1v) is 9.64. The van der Waals surface area contributed by atoms with Crippen molar-refractivity contribution in [3.8, 4) is 17.2 Å². The average molecular weight is 404 g/mol. The molecule has 3 aromatic carbocycles. The monoisotopic (exact) mass is 404 g/mol. The van der Waals surface area contributed by atoms with E-state index in [0.29, 0.717) is 22.6 Å². The second-order valence-corrected chi connectivity index (χ2v) is 6.94. The second kappa shape index (κ2) is 9.74. The number of para-hydroxylation sites is 2. The summed E-state index contributed by atoms with van der Waals surface area (Å²) < 4.78 is 10.6. The van der Waals surface area contributed by atoms with Gasteiger partial charge in [-0.3, -0.25) is 9.59 Å². The molecule has 0 spiro atoms. The lowest BCUT2D eigenvalue weighted by Gasteiger charge is -2.18. The number of carbonyl (C=O) groups excluding carboxylic acids is 2. The fourth-order valence-electron chi connectivity index (χ4n) is 3.47. The number of ketones is 2. The number of hydrogen-bond acceptors (Lipinski definition) is 5. The minimum atomic E-state index is -0.361. The zero-order valence-corrected chi connectivity index (χ0v) is 17.0. The van der Waals surface area contributed by atoms with Crippen molar-refractivity contribution in [2.24, 2.45) is 0 Å². The summed E-state index contributed by atoms with van der Waals surface area (Å²) in [4.78, 5) is 26.1. The molecule has 30 heavy (non-hydrogen) atoms. The van der Waals surface area contributed by atoms with Gasteiger partial charge in [-0.15, -0.1) is 0 Å². The summed E-state index contributed by atoms with van der Waals surface area (Å²) in [6.07, 6.45) is 0.262. The molecule has 0 aromatic heterocycles. The molecule has 0 saturated carbocycles. The molecule has 0 atom stereocenters. The van der Waals surface area contributed by atoms with Gasteiger partial charge in [-0.05, 0) is 47.9 Å². The van der Waals surface area contributed by atoms with Crippen LogP contribution in [0.5, 0.6) is 17.2 Å². The van der Waals surface area contributed by atoms with E-state index >= 15 is 0 Å². The van der Waals surface area contributed by atoms with E-state index in [1.807, 2.05) is 0 Å². The number of rotatable bonds is 9. The van der Waals surface area contributed by atoms with Gasteiger partial charge < -0.3 is 14.6 Å². The van der Waals surface area contributed by atoms with Crippen LogP contribution in [0.1, 0.15) is 45.0 Å². The maximum atomic E-state index is 13.1. The minimum absolute atomic E-state index is 0.113. The predicted octanol–water partition coefficient (Wildman–Crippen LogP) is 5.04. The van der Waals surface area contributed by atoms with Crippen molar-refractivity contribution >= 4 is 11.6 Å². The molecule has 0 aliphatic heterocycles. The van der Waals surface area contributed by atoms with Crippen LogP contribution in [-0.4, -0.2) is 30.9 Å². The zero-order chi connectivity index (χ0) is 21.5. The molecule has 5 heteroatoms. The number of hydrogen-bond donors (Lipinski definition) is 1. The molecule has 5 nitrogen and oxygen atoms in total. The van der Waals surface area contributed by atoms with E-state index in [9.17, 15) is 14.7 Å². The van der Waals surface area contributed by atoms with Crippen LogP contribution in [0.3, 0.4) is 0 Å². The van der Waals surface area contributed by atoms with E-state index < -0.39 is 0 Å². The molecule has 0 unspecified atom stereocenters. The Labute approximate surface area is 175 Å². The molecule has 3 aromatic rings. The molecule has 0 heterocycles. The lowest BCUT2D eigenvalue weighted by molar-refractivity contribution is 0.0941. The maximum absolute atomic E-state index is 13.1. The van der Waals surface area contributed by atoms with Crippen LogP contribution in [0, 0.1) is 0 Å². The van der Waals surface area contributed by atoms with E-state index in [-0.39, 0.29) is 36.1 Å². The average Bonchev–Trinajstić information content (AvgIpc) is 2.78. The predicted molar refractivity (Wildman–Crippen MR) is 115 cm³/mol. The highest BCUT2D eigenvalue weighted by Crippen LogP contribution is 2.31. The van der Waals surface area contributed by atoms with Gasteiger partial charge in [0.25, 0.3) is 0 Å². The van der Waals surface area contributed by atoms with Crippen molar-refractivity contribution in [3.05, 3.63) is 89.5 Å². The van der Waals surface area contributed by atoms with Crippen molar-refractivity contribution in [3.63, 3.8) is 0 Å². The molecule has 0 fully saturated rings. The highest BCUT2D eigenvalue weighted by Gasteiger charge is 2.24. The first-order valence-electron chi connectivity index (χ1n) is 9.64. The minimum Gasteiger partial charge on any atom is -0.508 e. The fourth-order valence-corrected chi connectivity index (χ4v) is 3.47. The maximum Gasteiger partial charge on any atom is 0.167 e. The van der Waals surface area contributed by atoms with Gasteiger partial charge in [0.15, 0.2) is 11.6 Å². The van der Waals surface area contributed by atoms with Crippen molar-refractivity contribution in [2.45, 2.75) is 18.8 Å². The zero-order valence-electron chi connectivity index (χ0n) is 17.0. The van der Waals surface area contributed by atoms with Crippen molar-refractivity contribution in [1.29, 1.82) is 0 Å². The number of carbonyl (C=O) groups is 2. The first-order chi connectivity index (χ1) is 14.5. The largest absolute Gasteiger partial charge is 0.508 e. The second-order valence-electron chi connectivity index (χ2n) is 6.94. The third kappa shape index (κ3) is 4.87. The Bertz CT molecular complexity index is 962. The molecule has 1 N–H and O–H groups in total. The van der Waals surface area contributed by atoms with Crippen molar-refractivity contribution in [1.82, 2.24) is 0 Å². The number of ether oxygens (including phenoxy) is 2. The number of Topliss-reactive ketones (excluding diaryl/α,β-unsaturated/α-hetero) is 2. The normalized spacial score (nSPS) is 10.6. The summed E-state index contributed by atoms with van der Waals surface area (Å²) in [7, 11) is 3.05. The Balaban J connectivity index is 1.90. The summed E-state index contributed by atoms with van der Waals surface area (Å²) in [6, 6.07) is 20.7. The SMILES string of the molecule is COc1ccccc1C(=O)CC(CC(=O)c1ccccc1OC)c1ccc(O)cc1. The van der Waals surface area contributed by atoms with Gasteiger partial charge in [-0.1, -0.05) is 36.4 Å². The number of phenolic OH excluding ortho intramolecular Hbond substituents is 1. The van der Waals surface area contributed by atoms with Gasteiger partial charge in [-0.25, -0.2) is 0 Å². The molecule has 3 rings (SSSR count). The topological polar surface area (TPSA) is 72.8 Å². The highest BCUT2D eigenvalue weighted by atomic mass is 16.5. The lowest BCUT2D eigenvalue weighted by Crippen LogP contribution is -2.14. The molecule has 0 amide bonds. The van der Waals surface area contributed by atoms with Crippen LogP contribution >= 0.6 is 0 Å². The third-order valence-electron chi connectivity index (χ3n) is 5.04. The summed E-state index contributed by atoms with van der Waals surface area (Å²) in [5.41, 5.74) is 1.77. The quantitative estimate of drug-likeness (QED) is 0.506. The van der Waals surface area contributed by atoms with E-state index in [4.69, 9.17) is 9.47 Å². The molecule has 0 aliphatic rings. The van der Waals surface area contributed by atoms with Crippen LogP contribution < -0.4 is 9.47 Å². The van der Waals surface area contributed by atoms with Gasteiger partial charge in [-0.2, -0.15) is 0 Å². The van der Waals surface area contributed by atoms with E-state index in [1.165, 1.54) is 14.2 Å². The first kappa shape index (κ1) is 21.1. The van der Waals surface area contributed by atoms with Crippen LogP contribution in [-0.2, 0) is 0 Å². The van der Waals surface area contributed by atoms with Gasteiger partial charge in [0.1, 0.15) is 17.2 Å². The summed E-state index contributed by atoms with van der Waals surface area (Å²) in [5.74, 6) is 0.549. The molecular formula is C25H24O5. The van der Waals surface area contributed by atoms with E-state index in [2.05, 4.69) is 0 Å². The van der Waals surface area contributed by atoms with Gasteiger partial charge >= 0.3 is 0 Å². The third-order valence-corrected chi connectivity index (χ3v) is 5.04. The van der Waals surface area contributed by atoms with Crippen LogP contribution in [0.15, 0.2) is 72.8 Å². The van der Waals surface area contributed by atoms with Crippen molar-refractivity contribution in [2.75, 3.05) is 14.2 Å². The molecular weight excluding hydrogens is 380 g/mol. The molecule has 0 radical (unpaired) electrons. The number of aromatic hydroxyl groups is 1. The molecule has 0 bridgehead atoms. The van der Waals surface area contributed by atoms with Gasteiger partial charge in [0.2, 0.25) is 0 Å². The Hall–Kier alpha value is -3.60. The molecule has 154 valence electrons.